The van der Waals surface area contributed by atoms with Crippen molar-refractivity contribution in [2.24, 2.45) is 5.92 Å². The number of urea groups is 1. The Labute approximate surface area is 111 Å². The van der Waals surface area contributed by atoms with Crippen LogP contribution in [0.4, 0.5) is 10.5 Å². The van der Waals surface area contributed by atoms with Crippen LogP contribution in [0, 0.1) is 5.92 Å². The van der Waals surface area contributed by atoms with Gasteiger partial charge in [0.1, 0.15) is 0 Å². The summed E-state index contributed by atoms with van der Waals surface area (Å²) in [6, 6.07) is -0.262. The molecule has 2 heterocycles. The molecule has 1 fully saturated rings. The van der Waals surface area contributed by atoms with E-state index in [2.05, 4.69) is 10.4 Å². The van der Waals surface area contributed by atoms with Gasteiger partial charge in [0.05, 0.1) is 17.8 Å². The lowest BCUT2D eigenvalue weighted by atomic mass is 9.99. The second-order valence-corrected chi connectivity index (χ2v) is 4.64. The molecule has 1 aromatic rings. The molecule has 0 saturated carbocycles. The molecule has 104 valence electrons. The monoisotopic (exact) mass is 266 g/mol. The SMILES string of the molecule is CCn1cc(NC(=O)N2CCC[C@@H](C(=O)O)C2)cn1. The Balaban J connectivity index is 1.93. The van der Waals surface area contributed by atoms with Crippen LogP contribution in [0.15, 0.2) is 12.4 Å². The van der Waals surface area contributed by atoms with Crippen LogP contribution in [-0.2, 0) is 11.3 Å². The Bertz CT molecular complexity index is 471. The molecule has 2 N–H and O–H groups in total. The van der Waals surface area contributed by atoms with Crippen molar-refractivity contribution in [1.82, 2.24) is 14.7 Å². The van der Waals surface area contributed by atoms with Crippen LogP contribution in [0.1, 0.15) is 19.8 Å². The van der Waals surface area contributed by atoms with Crippen LogP contribution in [-0.4, -0.2) is 44.9 Å². The van der Waals surface area contributed by atoms with Crippen LogP contribution in [0.5, 0.6) is 0 Å². The van der Waals surface area contributed by atoms with Gasteiger partial charge in [0, 0.05) is 25.8 Å². The van der Waals surface area contributed by atoms with Gasteiger partial charge in [-0.2, -0.15) is 5.10 Å². The molecule has 2 rings (SSSR count). The maximum Gasteiger partial charge on any atom is 0.321 e. The summed E-state index contributed by atoms with van der Waals surface area (Å²) in [7, 11) is 0. The van der Waals surface area contributed by atoms with Crippen molar-refractivity contribution in [3.05, 3.63) is 12.4 Å². The second kappa shape index (κ2) is 5.73. The van der Waals surface area contributed by atoms with Crippen molar-refractivity contribution >= 4 is 17.7 Å². The maximum atomic E-state index is 12.0. The van der Waals surface area contributed by atoms with E-state index in [1.807, 2.05) is 6.92 Å². The van der Waals surface area contributed by atoms with E-state index in [9.17, 15) is 9.59 Å². The summed E-state index contributed by atoms with van der Waals surface area (Å²) in [5.41, 5.74) is 0.629. The lowest BCUT2D eigenvalue weighted by Crippen LogP contribution is -2.44. The summed E-state index contributed by atoms with van der Waals surface area (Å²) in [4.78, 5) is 24.5. The lowest BCUT2D eigenvalue weighted by Gasteiger charge is -2.30. The average Bonchev–Trinajstić information content (AvgIpc) is 2.86. The number of nitrogens with zero attached hydrogens (tertiary/aromatic N) is 3. The first-order chi connectivity index (χ1) is 9.10. The molecule has 1 aliphatic heterocycles. The number of likely N-dealkylation sites (tertiary alicyclic amines) is 1. The Morgan fingerprint density at radius 2 is 2.37 bits per heavy atom. The van der Waals surface area contributed by atoms with Crippen LogP contribution in [0.3, 0.4) is 0 Å². The Hall–Kier alpha value is -2.05. The minimum absolute atomic E-state index is 0.262. The first kappa shape index (κ1) is 13.4. The van der Waals surface area contributed by atoms with E-state index in [0.29, 0.717) is 18.7 Å². The molecule has 7 heteroatoms. The molecule has 0 unspecified atom stereocenters. The van der Waals surface area contributed by atoms with Gasteiger partial charge in [-0.15, -0.1) is 0 Å². The zero-order chi connectivity index (χ0) is 13.8. The molecule has 0 radical (unpaired) electrons. The van der Waals surface area contributed by atoms with Crippen molar-refractivity contribution < 1.29 is 14.7 Å². The van der Waals surface area contributed by atoms with Crippen molar-refractivity contribution in [3.63, 3.8) is 0 Å². The highest BCUT2D eigenvalue weighted by Gasteiger charge is 2.28. The number of hydrogen-bond acceptors (Lipinski definition) is 3. The molecule has 0 bridgehead atoms. The van der Waals surface area contributed by atoms with E-state index in [1.165, 1.54) is 0 Å². The lowest BCUT2D eigenvalue weighted by molar-refractivity contribution is -0.143. The van der Waals surface area contributed by atoms with Crippen LogP contribution < -0.4 is 5.32 Å². The number of anilines is 1. The summed E-state index contributed by atoms with van der Waals surface area (Å²) in [6.07, 6.45) is 4.68. The fourth-order valence-electron chi connectivity index (χ4n) is 2.17. The van der Waals surface area contributed by atoms with Gasteiger partial charge in [-0.1, -0.05) is 0 Å². The number of aryl methyl sites for hydroxylation is 1. The summed E-state index contributed by atoms with van der Waals surface area (Å²) in [6.45, 7) is 3.56. The van der Waals surface area contributed by atoms with Crippen LogP contribution in [0.25, 0.3) is 0 Å². The molecule has 1 saturated heterocycles. The zero-order valence-electron chi connectivity index (χ0n) is 10.9. The number of amides is 2. The molecule has 1 aliphatic rings. The fraction of sp³-hybridized carbons (Fsp3) is 0.583. The number of piperidine rings is 1. The first-order valence-corrected chi connectivity index (χ1v) is 6.41. The standard InChI is InChI=1S/C12H18N4O3/c1-2-16-8-10(6-13-16)14-12(19)15-5-3-4-9(7-15)11(17)18/h6,8-9H,2-5,7H2,1H3,(H,14,19)(H,17,18)/t9-/m1/s1. The van der Waals surface area contributed by atoms with Gasteiger partial charge >= 0.3 is 12.0 Å². The minimum atomic E-state index is -0.837. The van der Waals surface area contributed by atoms with Gasteiger partial charge in [-0.05, 0) is 19.8 Å². The summed E-state index contributed by atoms with van der Waals surface area (Å²) in [5, 5.41) is 15.8. The maximum absolute atomic E-state index is 12.0. The Morgan fingerprint density at radius 3 is 3.00 bits per heavy atom. The highest BCUT2D eigenvalue weighted by molar-refractivity contribution is 5.89. The number of carbonyl (C=O) groups excluding carboxylic acids is 1. The Morgan fingerprint density at radius 1 is 1.58 bits per heavy atom. The van der Waals surface area contributed by atoms with Crippen molar-refractivity contribution in [1.29, 1.82) is 0 Å². The number of aliphatic carboxylic acids is 1. The first-order valence-electron chi connectivity index (χ1n) is 6.41. The number of nitrogens with one attached hydrogen (secondary N) is 1. The predicted octanol–water partition coefficient (Wildman–Crippen LogP) is 1.23. The van der Waals surface area contributed by atoms with E-state index in [1.54, 1.807) is 22.0 Å². The average molecular weight is 266 g/mol. The zero-order valence-corrected chi connectivity index (χ0v) is 10.9. The van der Waals surface area contributed by atoms with Crippen molar-refractivity contribution in [3.8, 4) is 0 Å². The fourth-order valence-corrected chi connectivity index (χ4v) is 2.17. The second-order valence-electron chi connectivity index (χ2n) is 4.64. The van der Waals surface area contributed by atoms with Crippen molar-refractivity contribution in [2.45, 2.75) is 26.3 Å². The third-order valence-electron chi connectivity index (χ3n) is 3.27. The highest BCUT2D eigenvalue weighted by Crippen LogP contribution is 2.17. The molecule has 7 nitrogen and oxygen atoms in total. The molecular formula is C12H18N4O3. The van der Waals surface area contributed by atoms with Gasteiger partial charge in [-0.3, -0.25) is 9.48 Å². The van der Waals surface area contributed by atoms with Gasteiger partial charge in [0.15, 0.2) is 0 Å². The van der Waals surface area contributed by atoms with E-state index < -0.39 is 11.9 Å². The van der Waals surface area contributed by atoms with E-state index in [0.717, 1.165) is 13.0 Å². The van der Waals surface area contributed by atoms with Crippen LogP contribution in [0.2, 0.25) is 0 Å². The number of hydrogen-bond donors (Lipinski definition) is 2. The minimum Gasteiger partial charge on any atom is -0.481 e. The summed E-state index contributed by atoms with van der Waals surface area (Å²) in [5.74, 6) is -1.30. The van der Waals surface area contributed by atoms with E-state index in [4.69, 9.17) is 5.11 Å². The van der Waals surface area contributed by atoms with Crippen LogP contribution >= 0.6 is 0 Å². The number of aromatic nitrogens is 2. The normalized spacial score (nSPS) is 19.2. The third kappa shape index (κ3) is 3.24. The number of carbonyl (C=O) groups is 2. The number of rotatable bonds is 3. The highest BCUT2D eigenvalue weighted by atomic mass is 16.4. The molecule has 0 spiro atoms. The largest absolute Gasteiger partial charge is 0.481 e. The van der Waals surface area contributed by atoms with E-state index >= 15 is 0 Å². The molecule has 0 aromatic carbocycles. The molecule has 1 atom stereocenters. The molecule has 1 aromatic heterocycles. The molecular weight excluding hydrogens is 248 g/mol. The number of carboxylic acid groups (broad SMARTS) is 1. The summed E-state index contributed by atoms with van der Waals surface area (Å²) < 4.78 is 1.71. The van der Waals surface area contributed by atoms with Gasteiger partial charge in [0.2, 0.25) is 0 Å². The topological polar surface area (TPSA) is 87.5 Å². The molecule has 19 heavy (non-hydrogen) atoms. The van der Waals surface area contributed by atoms with Gasteiger partial charge < -0.3 is 15.3 Å². The quantitative estimate of drug-likeness (QED) is 0.861. The third-order valence-corrected chi connectivity index (χ3v) is 3.27. The molecule has 0 aliphatic carbocycles. The predicted molar refractivity (Wildman–Crippen MR) is 68.9 cm³/mol. The summed E-state index contributed by atoms with van der Waals surface area (Å²) >= 11 is 0. The smallest absolute Gasteiger partial charge is 0.321 e. The number of carboxylic acids is 1. The Kier molecular flexibility index (Phi) is 4.03. The van der Waals surface area contributed by atoms with Gasteiger partial charge in [-0.25, -0.2) is 4.79 Å². The molecule has 2 amide bonds. The van der Waals surface area contributed by atoms with E-state index in [-0.39, 0.29) is 12.6 Å². The van der Waals surface area contributed by atoms with Crippen molar-refractivity contribution in [2.75, 3.05) is 18.4 Å². The van der Waals surface area contributed by atoms with Gasteiger partial charge in [0.25, 0.3) is 0 Å².